The lowest BCUT2D eigenvalue weighted by molar-refractivity contribution is -0.0711. The Bertz CT molecular complexity index is 403. The number of rotatable bonds is 3. The summed E-state index contributed by atoms with van der Waals surface area (Å²) in [4.78, 5) is 3.57. The Hall–Kier alpha value is -0.200. The molecular weight excluding hydrogens is 284 g/mol. The fraction of sp³-hybridized carbons (Fsp3) is 0.375. The second kappa shape index (κ2) is 4.98. The van der Waals surface area contributed by atoms with Crippen LogP contribution in [0.15, 0.2) is 6.20 Å². The molecule has 0 saturated carbocycles. The number of aliphatic hydroxyl groups excluding tert-OH is 1. The van der Waals surface area contributed by atoms with Crippen molar-refractivity contribution in [3.63, 3.8) is 0 Å². The van der Waals surface area contributed by atoms with E-state index in [1.54, 1.807) is 0 Å². The molecule has 0 bridgehead atoms. The molecule has 0 unspecified atom stereocenters. The maximum atomic E-state index is 13.2. The SMILES string of the molecule is N[C@@H](c1c(Cl)cnc(Cl)c1Cl)C(F)(F)CO. The normalized spacial score (nSPS) is 13.9. The third kappa shape index (κ3) is 2.55. The van der Waals surface area contributed by atoms with Gasteiger partial charge in [0.15, 0.2) is 0 Å². The van der Waals surface area contributed by atoms with Crippen molar-refractivity contribution in [3.05, 3.63) is 27.0 Å². The molecule has 0 saturated heterocycles. The summed E-state index contributed by atoms with van der Waals surface area (Å²) in [7, 11) is 0. The van der Waals surface area contributed by atoms with Crippen molar-refractivity contribution in [1.82, 2.24) is 4.98 Å². The van der Waals surface area contributed by atoms with E-state index in [0.717, 1.165) is 6.20 Å². The predicted octanol–water partition coefficient (Wildman–Crippen LogP) is 2.67. The topological polar surface area (TPSA) is 59.1 Å². The van der Waals surface area contributed by atoms with Gasteiger partial charge in [0.25, 0.3) is 5.92 Å². The second-order valence-electron chi connectivity index (χ2n) is 3.02. The molecule has 0 aliphatic rings. The van der Waals surface area contributed by atoms with E-state index in [1.807, 2.05) is 0 Å². The average Bonchev–Trinajstić information content (AvgIpc) is 2.24. The Morgan fingerprint density at radius 3 is 2.50 bits per heavy atom. The van der Waals surface area contributed by atoms with Gasteiger partial charge in [0, 0.05) is 11.8 Å². The summed E-state index contributed by atoms with van der Waals surface area (Å²) in [5.74, 6) is -3.54. The van der Waals surface area contributed by atoms with E-state index in [0.29, 0.717) is 0 Å². The summed E-state index contributed by atoms with van der Waals surface area (Å²) in [6, 6.07) is -1.85. The summed E-state index contributed by atoms with van der Waals surface area (Å²) >= 11 is 16.9. The first-order chi connectivity index (χ1) is 7.31. The van der Waals surface area contributed by atoms with E-state index in [-0.39, 0.29) is 20.8 Å². The quantitative estimate of drug-likeness (QED) is 0.842. The van der Waals surface area contributed by atoms with Crippen molar-refractivity contribution in [2.75, 3.05) is 6.61 Å². The first kappa shape index (κ1) is 13.9. The van der Waals surface area contributed by atoms with E-state index < -0.39 is 18.6 Å². The van der Waals surface area contributed by atoms with Crippen molar-refractivity contribution < 1.29 is 13.9 Å². The molecule has 90 valence electrons. The van der Waals surface area contributed by atoms with Crippen molar-refractivity contribution in [3.8, 4) is 0 Å². The monoisotopic (exact) mass is 290 g/mol. The number of aliphatic hydroxyl groups is 1. The maximum absolute atomic E-state index is 13.2. The Morgan fingerprint density at radius 2 is 2.00 bits per heavy atom. The van der Waals surface area contributed by atoms with Crippen LogP contribution in [0.1, 0.15) is 11.6 Å². The molecule has 1 aromatic heterocycles. The van der Waals surface area contributed by atoms with Crippen LogP contribution in [0, 0.1) is 0 Å². The van der Waals surface area contributed by atoms with Crippen LogP contribution in [0.3, 0.4) is 0 Å². The second-order valence-corrected chi connectivity index (χ2v) is 4.16. The van der Waals surface area contributed by atoms with Gasteiger partial charge in [0.05, 0.1) is 16.1 Å². The Balaban J connectivity index is 3.28. The minimum absolute atomic E-state index is 0.130. The van der Waals surface area contributed by atoms with Gasteiger partial charge in [0.2, 0.25) is 0 Å². The van der Waals surface area contributed by atoms with Crippen LogP contribution in [0.4, 0.5) is 8.78 Å². The molecule has 0 fully saturated rings. The molecular formula is C8H7Cl3F2N2O. The molecule has 0 aliphatic heterocycles. The number of hydrogen-bond donors (Lipinski definition) is 2. The Morgan fingerprint density at radius 1 is 1.44 bits per heavy atom. The third-order valence-corrected chi connectivity index (χ3v) is 3.01. The third-order valence-electron chi connectivity index (χ3n) is 1.94. The molecule has 1 aromatic rings. The number of nitrogens with zero attached hydrogens (tertiary/aromatic N) is 1. The lowest BCUT2D eigenvalue weighted by Gasteiger charge is -2.23. The molecule has 1 rings (SSSR count). The first-order valence-electron chi connectivity index (χ1n) is 4.05. The van der Waals surface area contributed by atoms with E-state index >= 15 is 0 Å². The summed E-state index contributed by atoms with van der Waals surface area (Å²) in [6.07, 6.45) is 1.07. The van der Waals surface area contributed by atoms with Crippen LogP contribution in [0.25, 0.3) is 0 Å². The maximum Gasteiger partial charge on any atom is 0.289 e. The number of nitrogens with two attached hydrogens (primary N) is 1. The van der Waals surface area contributed by atoms with Gasteiger partial charge in [-0.3, -0.25) is 0 Å². The molecule has 3 nitrogen and oxygen atoms in total. The van der Waals surface area contributed by atoms with Crippen LogP contribution >= 0.6 is 34.8 Å². The molecule has 0 aromatic carbocycles. The van der Waals surface area contributed by atoms with Crippen LogP contribution in [0.2, 0.25) is 15.2 Å². The number of hydrogen-bond acceptors (Lipinski definition) is 3. The highest BCUT2D eigenvalue weighted by atomic mass is 35.5. The smallest absolute Gasteiger partial charge is 0.289 e. The predicted molar refractivity (Wildman–Crippen MR) is 58.2 cm³/mol. The standard InChI is InChI=1S/C8H7Cl3F2N2O/c9-3-1-15-7(11)5(10)4(3)6(14)8(12,13)2-16/h1,6,16H,2,14H2/t6-/m0/s1. The van der Waals surface area contributed by atoms with Gasteiger partial charge >= 0.3 is 0 Å². The average molecular weight is 292 g/mol. The van der Waals surface area contributed by atoms with Crippen LogP contribution in [-0.4, -0.2) is 22.6 Å². The molecule has 0 amide bonds. The minimum atomic E-state index is -3.54. The van der Waals surface area contributed by atoms with Crippen LogP contribution < -0.4 is 5.73 Å². The highest BCUT2D eigenvalue weighted by molar-refractivity contribution is 6.43. The molecule has 3 N–H and O–H groups in total. The lowest BCUT2D eigenvalue weighted by Crippen LogP contribution is -2.36. The summed E-state index contributed by atoms with van der Waals surface area (Å²) in [5, 5.41) is 7.97. The Labute approximate surface area is 105 Å². The lowest BCUT2D eigenvalue weighted by atomic mass is 10.0. The van der Waals surface area contributed by atoms with Crippen LogP contribution in [-0.2, 0) is 0 Å². The van der Waals surface area contributed by atoms with Gasteiger partial charge in [-0.25, -0.2) is 13.8 Å². The molecule has 16 heavy (non-hydrogen) atoms. The number of halogens is 5. The van der Waals surface area contributed by atoms with E-state index in [2.05, 4.69) is 4.98 Å². The first-order valence-corrected chi connectivity index (χ1v) is 5.18. The molecule has 1 atom stereocenters. The summed E-state index contributed by atoms with van der Waals surface area (Å²) < 4.78 is 26.3. The van der Waals surface area contributed by atoms with Gasteiger partial charge in [-0.2, -0.15) is 0 Å². The van der Waals surface area contributed by atoms with Gasteiger partial charge in [-0.15, -0.1) is 0 Å². The highest BCUT2D eigenvalue weighted by Gasteiger charge is 2.40. The van der Waals surface area contributed by atoms with Crippen LogP contribution in [0.5, 0.6) is 0 Å². The van der Waals surface area contributed by atoms with Gasteiger partial charge in [0.1, 0.15) is 11.8 Å². The Kier molecular flexibility index (Phi) is 4.31. The highest BCUT2D eigenvalue weighted by Crippen LogP contribution is 2.39. The van der Waals surface area contributed by atoms with E-state index in [4.69, 9.17) is 45.6 Å². The molecule has 0 spiro atoms. The number of aromatic nitrogens is 1. The summed E-state index contributed by atoms with van der Waals surface area (Å²) in [5.41, 5.74) is 5.05. The molecule has 1 heterocycles. The van der Waals surface area contributed by atoms with Gasteiger partial charge in [-0.1, -0.05) is 34.8 Å². The van der Waals surface area contributed by atoms with Crippen molar-refractivity contribution in [1.29, 1.82) is 0 Å². The molecule has 0 radical (unpaired) electrons. The zero-order valence-corrected chi connectivity index (χ0v) is 9.99. The van der Waals surface area contributed by atoms with Gasteiger partial charge in [-0.05, 0) is 0 Å². The largest absolute Gasteiger partial charge is 0.390 e. The van der Waals surface area contributed by atoms with Crippen molar-refractivity contribution in [2.45, 2.75) is 12.0 Å². The zero-order valence-electron chi connectivity index (χ0n) is 7.72. The van der Waals surface area contributed by atoms with E-state index in [9.17, 15) is 8.78 Å². The summed E-state index contributed by atoms with van der Waals surface area (Å²) in [6.45, 7) is -1.42. The molecule has 0 aliphatic carbocycles. The zero-order chi connectivity index (χ0) is 12.5. The van der Waals surface area contributed by atoms with Crippen molar-refractivity contribution >= 4 is 34.8 Å². The molecule has 8 heteroatoms. The fourth-order valence-electron chi connectivity index (χ4n) is 1.05. The van der Waals surface area contributed by atoms with Crippen molar-refractivity contribution in [2.24, 2.45) is 5.73 Å². The van der Waals surface area contributed by atoms with Gasteiger partial charge < -0.3 is 10.8 Å². The number of pyridine rings is 1. The minimum Gasteiger partial charge on any atom is -0.390 e. The fourth-order valence-corrected chi connectivity index (χ4v) is 1.78. The van der Waals surface area contributed by atoms with E-state index in [1.165, 1.54) is 0 Å². The number of alkyl halides is 2.